The smallest absolute Gasteiger partial charge is 0.246 e. The molecule has 4 aromatic rings. The number of halogens is 1. The Bertz CT molecular complexity index is 1530. The highest BCUT2D eigenvalue weighted by Crippen LogP contribution is 2.32. The van der Waals surface area contributed by atoms with E-state index in [9.17, 15) is 9.18 Å². The first-order valence-corrected chi connectivity index (χ1v) is 14.8. The van der Waals surface area contributed by atoms with E-state index in [1.165, 1.54) is 44.2 Å². The van der Waals surface area contributed by atoms with Gasteiger partial charge in [0.1, 0.15) is 17.5 Å². The number of hydrogen-bond acceptors (Lipinski definition) is 5. The monoisotopic (exact) mass is 552 g/mol. The number of carbonyl (C=O) groups excluding carboxylic acids is 1. The van der Waals surface area contributed by atoms with Crippen LogP contribution in [-0.4, -0.2) is 56.7 Å². The van der Waals surface area contributed by atoms with Crippen LogP contribution in [0, 0.1) is 18.7 Å². The van der Waals surface area contributed by atoms with Gasteiger partial charge in [-0.1, -0.05) is 62.4 Å². The fraction of sp³-hybridized carbons (Fsp3) is 0.394. The van der Waals surface area contributed by atoms with E-state index < -0.39 is 0 Å². The van der Waals surface area contributed by atoms with Gasteiger partial charge in [0, 0.05) is 38.7 Å². The highest BCUT2D eigenvalue weighted by Gasteiger charge is 2.26. The van der Waals surface area contributed by atoms with Gasteiger partial charge in [0.2, 0.25) is 5.91 Å². The van der Waals surface area contributed by atoms with Crippen molar-refractivity contribution in [2.24, 2.45) is 5.92 Å². The van der Waals surface area contributed by atoms with Crippen LogP contribution in [0.15, 0.2) is 60.7 Å². The van der Waals surface area contributed by atoms with Gasteiger partial charge in [-0.3, -0.25) is 4.79 Å². The Morgan fingerprint density at radius 1 is 0.927 bits per heavy atom. The van der Waals surface area contributed by atoms with Crippen molar-refractivity contribution < 1.29 is 9.18 Å². The lowest BCUT2D eigenvalue weighted by Crippen LogP contribution is -2.34. The maximum absolute atomic E-state index is 13.7. The quantitative estimate of drug-likeness (QED) is 0.269. The molecular formula is C33H37FN6O. The molecule has 1 saturated carbocycles. The Labute approximate surface area is 240 Å². The molecule has 41 heavy (non-hydrogen) atoms. The minimum atomic E-state index is -0.280. The van der Waals surface area contributed by atoms with Gasteiger partial charge in [0.05, 0.1) is 16.8 Å². The summed E-state index contributed by atoms with van der Waals surface area (Å²) >= 11 is 0. The van der Waals surface area contributed by atoms with Crippen LogP contribution in [0.2, 0.25) is 0 Å². The largest absolute Gasteiger partial charge is 0.354 e. The van der Waals surface area contributed by atoms with E-state index in [4.69, 9.17) is 15.1 Å². The number of hydrogen-bond donors (Lipinski definition) is 0. The second-order valence-electron chi connectivity index (χ2n) is 11.3. The van der Waals surface area contributed by atoms with E-state index in [0.29, 0.717) is 25.6 Å². The predicted molar refractivity (Wildman–Crippen MR) is 161 cm³/mol. The van der Waals surface area contributed by atoms with Gasteiger partial charge in [-0.15, -0.1) is 0 Å². The summed E-state index contributed by atoms with van der Waals surface area (Å²) in [4.78, 5) is 27.5. The molecule has 2 fully saturated rings. The summed E-state index contributed by atoms with van der Waals surface area (Å²) in [6.07, 6.45) is 11.5. The standard InChI is InChI=1S/C33H37FN6O/c1-24-31-32(39-20-8-19-38(21-22-39)30(41)18-13-25-9-4-2-5-10-25)35-29(23-26-11-6-3-7-12-26)36-33(31)40(37-24)28-16-14-27(34)15-17-28/h2,4-5,9-10,13-18,26H,3,6-8,11-12,19-23H2,1H3/b18-13+. The maximum atomic E-state index is 13.7. The van der Waals surface area contributed by atoms with E-state index in [2.05, 4.69) is 4.90 Å². The molecule has 6 rings (SSSR count). The van der Waals surface area contributed by atoms with Crippen molar-refractivity contribution in [2.75, 3.05) is 31.1 Å². The van der Waals surface area contributed by atoms with Crippen molar-refractivity contribution in [3.63, 3.8) is 0 Å². The number of anilines is 1. The van der Waals surface area contributed by atoms with E-state index in [-0.39, 0.29) is 11.7 Å². The Kier molecular flexibility index (Phi) is 8.07. The maximum Gasteiger partial charge on any atom is 0.246 e. The van der Waals surface area contributed by atoms with Crippen molar-refractivity contribution in [3.8, 4) is 5.69 Å². The molecule has 7 nitrogen and oxygen atoms in total. The molecule has 212 valence electrons. The highest BCUT2D eigenvalue weighted by molar-refractivity contribution is 5.92. The Morgan fingerprint density at radius 3 is 2.49 bits per heavy atom. The van der Waals surface area contributed by atoms with Gasteiger partial charge in [-0.2, -0.15) is 5.10 Å². The molecule has 2 aliphatic rings. The fourth-order valence-electron chi connectivity index (χ4n) is 6.12. The third kappa shape index (κ3) is 6.16. The molecule has 1 aliphatic heterocycles. The molecule has 1 amide bonds. The van der Waals surface area contributed by atoms with Crippen LogP contribution >= 0.6 is 0 Å². The Balaban J connectivity index is 1.31. The van der Waals surface area contributed by atoms with Crippen LogP contribution in [0.25, 0.3) is 22.8 Å². The minimum absolute atomic E-state index is 0.0295. The first-order valence-electron chi connectivity index (χ1n) is 14.8. The molecule has 1 saturated heterocycles. The summed E-state index contributed by atoms with van der Waals surface area (Å²) in [7, 11) is 0. The highest BCUT2D eigenvalue weighted by atomic mass is 19.1. The molecule has 0 atom stereocenters. The first kappa shape index (κ1) is 27.1. The normalized spacial score (nSPS) is 16.9. The van der Waals surface area contributed by atoms with E-state index in [0.717, 1.165) is 59.0 Å². The average Bonchev–Trinajstić information content (AvgIpc) is 3.16. The van der Waals surface area contributed by atoms with E-state index >= 15 is 0 Å². The zero-order valence-corrected chi connectivity index (χ0v) is 23.7. The van der Waals surface area contributed by atoms with E-state index in [1.54, 1.807) is 18.2 Å². The lowest BCUT2D eigenvalue weighted by Gasteiger charge is -2.25. The van der Waals surface area contributed by atoms with Crippen LogP contribution < -0.4 is 4.90 Å². The lowest BCUT2D eigenvalue weighted by atomic mass is 9.87. The third-order valence-corrected chi connectivity index (χ3v) is 8.32. The number of aryl methyl sites for hydroxylation is 1. The molecule has 2 aromatic carbocycles. The van der Waals surface area contributed by atoms with Crippen molar-refractivity contribution in [2.45, 2.75) is 51.9 Å². The van der Waals surface area contributed by atoms with E-state index in [1.807, 2.05) is 52.9 Å². The lowest BCUT2D eigenvalue weighted by molar-refractivity contribution is -0.125. The van der Waals surface area contributed by atoms with Crippen LogP contribution in [0.4, 0.5) is 10.2 Å². The number of fused-ring (bicyclic) bond motifs is 1. The van der Waals surface area contributed by atoms with Gasteiger partial charge in [-0.05, 0) is 55.2 Å². The van der Waals surface area contributed by atoms with Gasteiger partial charge < -0.3 is 9.80 Å². The summed E-state index contributed by atoms with van der Waals surface area (Å²) in [5.41, 5.74) is 3.38. The third-order valence-electron chi connectivity index (χ3n) is 8.32. The van der Waals surface area contributed by atoms with Crippen LogP contribution in [0.1, 0.15) is 55.6 Å². The van der Waals surface area contributed by atoms with Gasteiger partial charge >= 0.3 is 0 Å². The number of nitrogens with zero attached hydrogens (tertiary/aromatic N) is 6. The Morgan fingerprint density at radius 2 is 1.71 bits per heavy atom. The summed E-state index contributed by atoms with van der Waals surface area (Å²) in [5, 5.41) is 5.77. The molecule has 8 heteroatoms. The molecule has 3 heterocycles. The molecule has 0 unspecified atom stereocenters. The molecular weight excluding hydrogens is 515 g/mol. The molecule has 0 N–H and O–H groups in total. The number of aromatic nitrogens is 4. The summed E-state index contributed by atoms with van der Waals surface area (Å²) in [5.74, 6) is 2.07. The summed E-state index contributed by atoms with van der Waals surface area (Å²) in [6, 6.07) is 16.3. The number of carbonyl (C=O) groups is 1. The van der Waals surface area contributed by atoms with Gasteiger partial charge in [0.25, 0.3) is 0 Å². The van der Waals surface area contributed by atoms with Crippen LogP contribution in [0.3, 0.4) is 0 Å². The SMILES string of the molecule is Cc1nn(-c2ccc(F)cc2)c2nc(CC3CCCCC3)nc(N3CCCN(C(=O)/C=C/c4ccccc4)CC3)c12. The molecule has 2 aromatic heterocycles. The molecule has 0 spiro atoms. The van der Waals surface area contributed by atoms with Crippen LogP contribution in [-0.2, 0) is 11.2 Å². The second-order valence-corrected chi connectivity index (χ2v) is 11.3. The van der Waals surface area contributed by atoms with Crippen molar-refractivity contribution in [1.29, 1.82) is 0 Å². The van der Waals surface area contributed by atoms with Gasteiger partial charge in [0.15, 0.2) is 5.65 Å². The predicted octanol–water partition coefficient (Wildman–Crippen LogP) is 6.14. The van der Waals surface area contributed by atoms with Crippen LogP contribution in [0.5, 0.6) is 0 Å². The second kappa shape index (κ2) is 12.2. The first-order chi connectivity index (χ1) is 20.0. The average molecular weight is 553 g/mol. The zero-order chi connectivity index (χ0) is 28.2. The Hall–Kier alpha value is -4.07. The summed E-state index contributed by atoms with van der Waals surface area (Å²) < 4.78 is 15.5. The fourth-order valence-corrected chi connectivity index (χ4v) is 6.12. The summed E-state index contributed by atoms with van der Waals surface area (Å²) in [6.45, 7) is 4.78. The minimum Gasteiger partial charge on any atom is -0.354 e. The van der Waals surface area contributed by atoms with Gasteiger partial charge in [-0.25, -0.2) is 19.0 Å². The molecule has 0 radical (unpaired) electrons. The van der Waals surface area contributed by atoms with Crippen molar-refractivity contribution in [1.82, 2.24) is 24.6 Å². The number of amides is 1. The number of rotatable bonds is 6. The van der Waals surface area contributed by atoms with Crippen molar-refractivity contribution >= 4 is 28.8 Å². The molecule has 0 bridgehead atoms. The number of benzene rings is 2. The van der Waals surface area contributed by atoms with Crippen molar-refractivity contribution in [3.05, 3.63) is 83.6 Å². The topological polar surface area (TPSA) is 67.2 Å². The zero-order valence-electron chi connectivity index (χ0n) is 23.7. The molecule has 1 aliphatic carbocycles.